The van der Waals surface area contributed by atoms with Gasteiger partial charge in [-0.15, -0.1) is 15.3 Å². The number of tetrazole rings is 1. The number of rotatable bonds is 7. The van der Waals surface area contributed by atoms with Gasteiger partial charge in [0, 0.05) is 17.2 Å². The van der Waals surface area contributed by atoms with E-state index in [0.717, 1.165) is 11.1 Å². The van der Waals surface area contributed by atoms with Gasteiger partial charge in [-0.25, -0.2) is 4.79 Å². The second-order valence-corrected chi connectivity index (χ2v) is 6.77. The van der Waals surface area contributed by atoms with Crippen LogP contribution in [0.3, 0.4) is 0 Å². The summed E-state index contributed by atoms with van der Waals surface area (Å²) in [6, 6.07) is 21.9. The van der Waals surface area contributed by atoms with Crippen LogP contribution >= 0.6 is 0 Å². The summed E-state index contributed by atoms with van der Waals surface area (Å²) in [5.74, 6) is 0.588. The van der Waals surface area contributed by atoms with Crippen molar-refractivity contribution in [1.29, 1.82) is 0 Å². The molecule has 3 heterocycles. The highest BCUT2D eigenvalue weighted by atomic mass is 16.5. The van der Waals surface area contributed by atoms with Gasteiger partial charge in [0.2, 0.25) is 5.89 Å². The first-order valence-electron chi connectivity index (χ1n) is 9.92. The van der Waals surface area contributed by atoms with Gasteiger partial charge in [-0.05, 0) is 34.7 Å². The third kappa shape index (κ3) is 4.44. The zero-order chi connectivity index (χ0) is 22.5. The lowest BCUT2D eigenvalue weighted by Gasteiger charge is -2.08. The minimum Gasteiger partial charge on any atom is -0.465 e. The molecule has 0 atom stereocenters. The maximum Gasteiger partial charge on any atom is 0.357 e. The standard InChI is InChI=1S/C23H16N6O4/c30-23(32-15-20-24-26-22(33-20)17-10-5-2-6-11-17)19(14-18-12-7-13-31-18)29-21(25-27-28-29)16-8-3-1-4-9-16/h1-14H,15H2/b19-14+. The average molecular weight is 440 g/mol. The number of hydrogen-bond acceptors (Lipinski definition) is 9. The minimum absolute atomic E-state index is 0.0524. The van der Waals surface area contributed by atoms with Crippen molar-refractivity contribution < 1.29 is 18.4 Å². The van der Waals surface area contributed by atoms with Crippen LogP contribution in [-0.2, 0) is 16.1 Å². The predicted octanol–water partition coefficient (Wildman–Crippen LogP) is 3.72. The van der Waals surface area contributed by atoms with Crippen molar-refractivity contribution in [2.45, 2.75) is 6.61 Å². The zero-order valence-corrected chi connectivity index (χ0v) is 17.1. The molecular formula is C23H16N6O4. The molecule has 3 aromatic heterocycles. The van der Waals surface area contributed by atoms with Crippen LogP contribution in [0.2, 0.25) is 0 Å². The van der Waals surface area contributed by atoms with Gasteiger partial charge in [0.15, 0.2) is 18.1 Å². The molecule has 10 nitrogen and oxygen atoms in total. The lowest BCUT2D eigenvalue weighted by Crippen LogP contribution is -2.15. The maximum absolute atomic E-state index is 13.1. The van der Waals surface area contributed by atoms with Crippen LogP contribution in [0.5, 0.6) is 0 Å². The van der Waals surface area contributed by atoms with E-state index in [2.05, 4.69) is 25.7 Å². The molecule has 162 valence electrons. The van der Waals surface area contributed by atoms with E-state index in [9.17, 15) is 4.79 Å². The first-order valence-corrected chi connectivity index (χ1v) is 9.92. The molecular weight excluding hydrogens is 424 g/mol. The van der Waals surface area contributed by atoms with Crippen molar-refractivity contribution in [3.63, 3.8) is 0 Å². The molecule has 2 aromatic carbocycles. The molecule has 0 aliphatic carbocycles. The summed E-state index contributed by atoms with van der Waals surface area (Å²) >= 11 is 0. The Kier molecular flexibility index (Phi) is 5.53. The molecule has 0 amide bonds. The van der Waals surface area contributed by atoms with Gasteiger partial charge in [-0.2, -0.15) is 4.68 Å². The third-order valence-corrected chi connectivity index (χ3v) is 4.58. The Bertz CT molecular complexity index is 1370. The van der Waals surface area contributed by atoms with Gasteiger partial charge in [0.25, 0.3) is 5.89 Å². The molecule has 5 rings (SSSR count). The van der Waals surface area contributed by atoms with Crippen molar-refractivity contribution in [2.24, 2.45) is 0 Å². The predicted molar refractivity (Wildman–Crippen MR) is 116 cm³/mol. The normalized spacial score (nSPS) is 11.5. The molecule has 0 aliphatic rings. The molecule has 0 saturated heterocycles. The van der Waals surface area contributed by atoms with E-state index in [1.54, 1.807) is 12.1 Å². The Morgan fingerprint density at radius 1 is 0.909 bits per heavy atom. The smallest absolute Gasteiger partial charge is 0.357 e. The maximum atomic E-state index is 13.1. The van der Waals surface area contributed by atoms with Gasteiger partial charge in [0.05, 0.1) is 6.26 Å². The number of hydrogen-bond donors (Lipinski definition) is 0. The van der Waals surface area contributed by atoms with Gasteiger partial charge in [0.1, 0.15) is 5.76 Å². The molecule has 0 unspecified atom stereocenters. The van der Waals surface area contributed by atoms with E-state index < -0.39 is 5.97 Å². The quantitative estimate of drug-likeness (QED) is 0.275. The SMILES string of the molecule is O=C(OCc1nnc(-c2ccccc2)o1)/C(=C\c1ccco1)n1nnnc1-c1ccccc1. The van der Waals surface area contributed by atoms with E-state index in [1.807, 2.05) is 60.7 Å². The molecule has 0 saturated carbocycles. The molecule has 0 fully saturated rings. The topological polar surface area (TPSA) is 122 Å². The summed E-state index contributed by atoms with van der Waals surface area (Å²) in [7, 11) is 0. The zero-order valence-electron chi connectivity index (χ0n) is 17.1. The summed E-state index contributed by atoms with van der Waals surface area (Å²) in [6.45, 7) is -0.225. The number of ether oxygens (including phenoxy) is 1. The monoisotopic (exact) mass is 440 g/mol. The fourth-order valence-electron chi connectivity index (χ4n) is 3.04. The molecule has 5 aromatic rings. The third-order valence-electron chi connectivity index (χ3n) is 4.58. The van der Waals surface area contributed by atoms with Crippen LogP contribution in [0.25, 0.3) is 34.6 Å². The Morgan fingerprint density at radius 3 is 2.39 bits per heavy atom. The highest BCUT2D eigenvalue weighted by molar-refractivity contribution is 6.15. The fourth-order valence-corrected chi connectivity index (χ4v) is 3.04. The van der Waals surface area contributed by atoms with Crippen molar-refractivity contribution in [3.05, 3.63) is 90.7 Å². The number of esters is 1. The largest absolute Gasteiger partial charge is 0.465 e. The van der Waals surface area contributed by atoms with Crippen LogP contribution in [-0.4, -0.2) is 36.4 Å². The number of benzene rings is 2. The molecule has 0 radical (unpaired) electrons. The Balaban J connectivity index is 1.40. The lowest BCUT2D eigenvalue weighted by molar-refractivity contribution is -0.138. The van der Waals surface area contributed by atoms with Gasteiger partial charge < -0.3 is 13.6 Å². The van der Waals surface area contributed by atoms with E-state index >= 15 is 0 Å². The summed E-state index contributed by atoms with van der Waals surface area (Å²) in [5.41, 5.74) is 1.55. The van der Waals surface area contributed by atoms with E-state index in [1.165, 1.54) is 17.0 Å². The number of carbonyl (C=O) groups is 1. The van der Waals surface area contributed by atoms with Crippen LogP contribution in [0.4, 0.5) is 0 Å². The number of carbonyl (C=O) groups excluding carboxylic acids is 1. The average Bonchev–Trinajstić information content (AvgIpc) is 3.64. The number of aromatic nitrogens is 6. The molecule has 0 spiro atoms. The van der Waals surface area contributed by atoms with Gasteiger partial charge in [-0.3, -0.25) is 0 Å². The van der Waals surface area contributed by atoms with Crippen LogP contribution in [0, 0.1) is 0 Å². The molecule has 0 bridgehead atoms. The first kappa shape index (κ1) is 20.1. The summed E-state index contributed by atoms with van der Waals surface area (Å²) < 4.78 is 17.7. The summed E-state index contributed by atoms with van der Waals surface area (Å²) in [6.07, 6.45) is 2.99. The minimum atomic E-state index is -0.699. The fraction of sp³-hybridized carbons (Fsp3) is 0.0435. The van der Waals surface area contributed by atoms with E-state index in [0.29, 0.717) is 17.5 Å². The lowest BCUT2D eigenvalue weighted by atomic mass is 10.2. The van der Waals surface area contributed by atoms with E-state index in [4.69, 9.17) is 13.6 Å². The van der Waals surface area contributed by atoms with Crippen LogP contribution in [0.1, 0.15) is 11.7 Å². The molecule has 33 heavy (non-hydrogen) atoms. The van der Waals surface area contributed by atoms with Crippen LogP contribution < -0.4 is 0 Å². The Hall–Kier alpha value is -4.86. The number of nitrogens with zero attached hydrogens (tertiary/aromatic N) is 6. The van der Waals surface area contributed by atoms with Crippen molar-refractivity contribution >= 4 is 17.7 Å². The first-order chi connectivity index (χ1) is 16.3. The number of furan rings is 1. The van der Waals surface area contributed by atoms with Gasteiger partial charge >= 0.3 is 5.97 Å². The van der Waals surface area contributed by atoms with Crippen molar-refractivity contribution in [3.8, 4) is 22.8 Å². The van der Waals surface area contributed by atoms with Crippen molar-refractivity contribution in [2.75, 3.05) is 0 Å². The second-order valence-electron chi connectivity index (χ2n) is 6.77. The molecule has 0 N–H and O–H groups in total. The van der Waals surface area contributed by atoms with E-state index in [-0.39, 0.29) is 18.2 Å². The summed E-state index contributed by atoms with van der Waals surface area (Å²) in [4.78, 5) is 13.1. The van der Waals surface area contributed by atoms with Crippen molar-refractivity contribution in [1.82, 2.24) is 30.4 Å². The Morgan fingerprint density at radius 2 is 1.67 bits per heavy atom. The second kappa shape index (κ2) is 9.10. The van der Waals surface area contributed by atoms with Crippen LogP contribution in [0.15, 0.2) is 87.9 Å². The van der Waals surface area contributed by atoms with Gasteiger partial charge in [-0.1, -0.05) is 48.5 Å². The highest BCUT2D eigenvalue weighted by Gasteiger charge is 2.22. The molecule has 0 aliphatic heterocycles. The summed E-state index contributed by atoms with van der Waals surface area (Å²) in [5, 5.41) is 19.7. The Labute approximate surface area is 187 Å². The highest BCUT2D eigenvalue weighted by Crippen LogP contribution is 2.22. The molecule has 10 heteroatoms.